The zero-order chi connectivity index (χ0) is 17.5. The first-order valence-electron chi connectivity index (χ1n) is 9.29. The monoisotopic (exact) mass is 365 g/mol. The molecule has 2 saturated heterocycles. The van der Waals surface area contributed by atoms with Crippen LogP contribution < -0.4 is 5.32 Å². The molecule has 1 amide bonds. The molecular formula is C19H28ClN3O2. The van der Waals surface area contributed by atoms with Crippen molar-refractivity contribution < 1.29 is 9.53 Å². The number of amides is 1. The molecule has 2 heterocycles. The predicted molar refractivity (Wildman–Crippen MR) is 99.9 cm³/mol. The number of ether oxygens (including phenoxy) is 1. The van der Waals surface area contributed by atoms with Crippen LogP contribution >= 0.6 is 11.6 Å². The van der Waals surface area contributed by atoms with E-state index in [9.17, 15) is 4.79 Å². The minimum atomic E-state index is 0.129. The standard InChI is InChI=1S/C19H28ClN3O2/c20-17-5-3-16(4-6-17)18(23-8-1-2-9-23)15-21-19(24)7-10-22-11-13-25-14-12-22/h3-6,18H,1-2,7-15H2,(H,21,24)/t18-/m1/s1. The van der Waals surface area contributed by atoms with E-state index < -0.39 is 0 Å². The molecule has 1 aromatic carbocycles. The summed E-state index contributed by atoms with van der Waals surface area (Å²) in [6.45, 7) is 7.05. The molecule has 6 heteroatoms. The normalized spacial score (nSPS) is 20.5. The van der Waals surface area contributed by atoms with Gasteiger partial charge in [-0.05, 0) is 43.6 Å². The highest BCUT2D eigenvalue weighted by Gasteiger charge is 2.24. The highest BCUT2D eigenvalue weighted by Crippen LogP contribution is 2.25. The molecule has 25 heavy (non-hydrogen) atoms. The van der Waals surface area contributed by atoms with Crippen molar-refractivity contribution in [1.29, 1.82) is 0 Å². The molecule has 2 fully saturated rings. The van der Waals surface area contributed by atoms with E-state index in [0.717, 1.165) is 51.0 Å². The average Bonchev–Trinajstić information content (AvgIpc) is 3.17. The highest BCUT2D eigenvalue weighted by atomic mass is 35.5. The molecule has 0 aromatic heterocycles. The summed E-state index contributed by atoms with van der Waals surface area (Å²) in [5, 5.41) is 3.89. The minimum Gasteiger partial charge on any atom is -0.379 e. The van der Waals surface area contributed by atoms with Crippen LogP contribution in [0.1, 0.15) is 30.9 Å². The van der Waals surface area contributed by atoms with E-state index in [1.807, 2.05) is 12.1 Å². The predicted octanol–water partition coefficient (Wildman–Crippen LogP) is 2.32. The number of hydrogen-bond donors (Lipinski definition) is 1. The number of nitrogens with one attached hydrogen (secondary N) is 1. The van der Waals surface area contributed by atoms with Gasteiger partial charge in [0.15, 0.2) is 0 Å². The zero-order valence-electron chi connectivity index (χ0n) is 14.8. The Hall–Kier alpha value is -1.14. The van der Waals surface area contributed by atoms with Gasteiger partial charge >= 0.3 is 0 Å². The van der Waals surface area contributed by atoms with Crippen molar-refractivity contribution in [2.45, 2.75) is 25.3 Å². The Morgan fingerprint density at radius 3 is 2.48 bits per heavy atom. The third-order valence-corrected chi connectivity index (χ3v) is 5.34. The van der Waals surface area contributed by atoms with Crippen molar-refractivity contribution in [3.8, 4) is 0 Å². The van der Waals surface area contributed by atoms with Crippen molar-refractivity contribution in [2.75, 3.05) is 52.5 Å². The number of carbonyl (C=O) groups is 1. The molecule has 138 valence electrons. The summed E-state index contributed by atoms with van der Waals surface area (Å²) in [7, 11) is 0. The van der Waals surface area contributed by atoms with Gasteiger partial charge in [-0.1, -0.05) is 23.7 Å². The van der Waals surface area contributed by atoms with Crippen molar-refractivity contribution >= 4 is 17.5 Å². The third-order valence-electron chi connectivity index (χ3n) is 5.09. The molecule has 1 aromatic rings. The zero-order valence-corrected chi connectivity index (χ0v) is 15.5. The van der Waals surface area contributed by atoms with E-state index in [1.54, 1.807) is 0 Å². The van der Waals surface area contributed by atoms with E-state index >= 15 is 0 Å². The SMILES string of the molecule is O=C(CCN1CCOCC1)NC[C@H](c1ccc(Cl)cc1)N1CCCC1. The molecule has 0 radical (unpaired) electrons. The van der Waals surface area contributed by atoms with Crippen LogP contribution in [0.3, 0.4) is 0 Å². The van der Waals surface area contributed by atoms with E-state index in [4.69, 9.17) is 16.3 Å². The van der Waals surface area contributed by atoms with Gasteiger partial charge in [-0.15, -0.1) is 0 Å². The minimum absolute atomic E-state index is 0.129. The van der Waals surface area contributed by atoms with Crippen LogP contribution in [-0.2, 0) is 9.53 Å². The first kappa shape index (κ1) is 18.6. The number of likely N-dealkylation sites (tertiary alicyclic amines) is 1. The Kier molecular flexibility index (Phi) is 7.11. The lowest BCUT2D eigenvalue weighted by Gasteiger charge is -2.29. The molecule has 2 aliphatic rings. The van der Waals surface area contributed by atoms with Gasteiger partial charge in [-0.2, -0.15) is 0 Å². The fraction of sp³-hybridized carbons (Fsp3) is 0.632. The molecular weight excluding hydrogens is 338 g/mol. The van der Waals surface area contributed by atoms with Crippen molar-refractivity contribution in [1.82, 2.24) is 15.1 Å². The summed E-state index contributed by atoms with van der Waals surface area (Å²) in [4.78, 5) is 17.0. The van der Waals surface area contributed by atoms with Crippen LogP contribution in [0.5, 0.6) is 0 Å². The van der Waals surface area contributed by atoms with E-state index in [2.05, 4.69) is 27.2 Å². The molecule has 0 saturated carbocycles. The number of morpholine rings is 1. The average molecular weight is 366 g/mol. The number of hydrogen-bond acceptors (Lipinski definition) is 4. The van der Waals surface area contributed by atoms with Crippen LogP contribution in [0.2, 0.25) is 5.02 Å². The lowest BCUT2D eigenvalue weighted by molar-refractivity contribution is -0.121. The first-order valence-corrected chi connectivity index (χ1v) is 9.66. The maximum Gasteiger partial charge on any atom is 0.221 e. The summed E-state index contributed by atoms with van der Waals surface area (Å²) in [5.41, 5.74) is 1.22. The summed E-state index contributed by atoms with van der Waals surface area (Å²) < 4.78 is 5.34. The second kappa shape index (κ2) is 9.53. The van der Waals surface area contributed by atoms with Gasteiger partial charge in [0, 0.05) is 37.6 Å². The molecule has 5 nitrogen and oxygen atoms in total. The van der Waals surface area contributed by atoms with Crippen LogP contribution in [0, 0.1) is 0 Å². The van der Waals surface area contributed by atoms with Crippen molar-refractivity contribution in [2.24, 2.45) is 0 Å². The van der Waals surface area contributed by atoms with E-state index in [1.165, 1.54) is 18.4 Å². The third kappa shape index (κ3) is 5.68. The molecule has 0 unspecified atom stereocenters. The number of halogens is 1. The Bertz CT molecular complexity index is 540. The Morgan fingerprint density at radius 2 is 1.80 bits per heavy atom. The maximum atomic E-state index is 12.3. The van der Waals surface area contributed by atoms with Crippen LogP contribution in [-0.4, -0.2) is 68.2 Å². The second-order valence-electron chi connectivity index (χ2n) is 6.82. The molecule has 0 aliphatic carbocycles. The quantitative estimate of drug-likeness (QED) is 0.805. The molecule has 1 atom stereocenters. The van der Waals surface area contributed by atoms with Gasteiger partial charge in [0.25, 0.3) is 0 Å². The number of nitrogens with zero attached hydrogens (tertiary/aromatic N) is 2. The lowest BCUT2D eigenvalue weighted by Crippen LogP contribution is -2.40. The van der Waals surface area contributed by atoms with Gasteiger partial charge < -0.3 is 10.1 Å². The fourth-order valence-electron chi connectivity index (χ4n) is 3.58. The molecule has 2 aliphatic heterocycles. The van der Waals surface area contributed by atoms with E-state index in [0.29, 0.717) is 13.0 Å². The summed E-state index contributed by atoms with van der Waals surface area (Å²) >= 11 is 6.02. The topological polar surface area (TPSA) is 44.8 Å². The second-order valence-corrected chi connectivity index (χ2v) is 7.25. The largest absolute Gasteiger partial charge is 0.379 e. The number of benzene rings is 1. The number of rotatable bonds is 7. The van der Waals surface area contributed by atoms with Crippen LogP contribution in [0.15, 0.2) is 24.3 Å². The molecule has 0 bridgehead atoms. The Morgan fingerprint density at radius 1 is 1.12 bits per heavy atom. The van der Waals surface area contributed by atoms with E-state index in [-0.39, 0.29) is 11.9 Å². The van der Waals surface area contributed by atoms with Gasteiger partial charge in [-0.25, -0.2) is 0 Å². The van der Waals surface area contributed by atoms with Gasteiger partial charge in [-0.3, -0.25) is 14.6 Å². The first-order chi connectivity index (χ1) is 12.2. The molecule has 1 N–H and O–H groups in total. The molecule has 3 rings (SSSR count). The highest BCUT2D eigenvalue weighted by molar-refractivity contribution is 6.30. The Labute approximate surface area is 155 Å². The smallest absolute Gasteiger partial charge is 0.221 e. The van der Waals surface area contributed by atoms with Gasteiger partial charge in [0.2, 0.25) is 5.91 Å². The lowest BCUT2D eigenvalue weighted by atomic mass is 10.1. The maximum absolute atomic E-state index is 12.3. The summed E-state index contributed by atoms with van der Waals surface area (Å²) in [6, 6.07) is 8.24. The molecule has 0 spiro atoms. The number of carbonyl (C=O) groups excluding carboxylic acids is 1. The van der Waals surface area contributed by atoms with Crippen molar-refractivity contribution in [3.63, 3.8) is 0 Å². The summed E-state index contributed by atoms with van der Waals surface area (Å²) in [5.74, 6) is 0.129. The van der Waals surface area contributed by atoms with Crippen LogP contribution in [0.25, 0.3) is 0 Å². The fourth-order valence-corrected chi connectivity index (χ4v) is 3.71. The summed E-state index contributed by atoms with van der Waals surface area (Å²) in [6.07, 6.45) is 3.01. The Balaban J connectivity index is 1.51. The van der Waals surface area contributed by atoms with Gasteiger partial charge in [0.1, 0.15) is 0 Å². The van der Waals surface area contributed by atoms with Crippen LogP contribution in [0.4, 0.5) is 0 Å². The van der Waals surface area contributed by atoms with Gasteiger partial charge in [0.05, 0.1) is 19.3 Å². The van der Waals surface area contributed by atoms with Crippen molar-refractivity contribution in [3.05, 3.63) is 34.9 Å².